The number of nitrogens with one attached hydrogen (secondary N) is 1. The largest absolute Gasteiger partial charge is 0.315 e. The fourth-order valence-corrected chi connectivity index (χ4v) is 4.06. The molecule has 2 nitrogen and oxygen atoms in total. The van der Waals surface area contributed by atoms with Gasteiger partial charge in [-0.25, -0.2) is 0 Å². The Morgan fingerprint density at radius 3 is 1.75 bits per heavy atom. The molecule has 0 saturated heterocycles. The van der Waals surface area contributed by atoms with Crippen LogP contribution in [0.4, 0.5) is 0 Å². The summed E-state index contributed by atoms with van der Waals surface area (Å²) in [7, 11) is 4.57. The van der Waals surface area contributed by atoms with Gasteiger partial charge in [-0.3, -0.25) is 4.90 Å². The number of hydrogen-bond acceptors (Lipinski definition) is 2. The first-order valence-electron chi connectivity index (χ1n) is 9.22. The van der Waals surface area contributed by atoms with E-state index in [-0.39, 0.29) is 0 Å². The summed E-state index contributed by atoms with van der Waals surface area (Å²) >= 11 is 0. The summed E-state index contributed by atoms with van der Waals surface area (Å²) < 4.78 is 0. The van der Waals surface area contributed by atoms with Gasteiger partial charge >= 0.3 is 0 Å². The van der Waals surface area contributed by atoms with Crippen molar-refractivity contribution in [2.24, 2.45) is 0 Å². The van der Waals surface area contributed by atoms with E-state index in [1.54, 1.807) is 0 Å². The molecule has 0 bridgehead atoms. The van der Waals surface area contributed by atoms with E-state index >= 15 is 0 Å². The van der Waals surface area contributed by atoms with E-state index in [0.717, 1.165) is 12.1 Å². The molecule has 2 heteroatoms. The van der Waals surface area contributed by atoms with Crippen molar-refractivity contribution in [3.05, 3.63) is 0 Å². The third-order valence-corrected chi connectivity index (χ3v) is 5.77. The van der Waals surface area contributed by atoms with Gasteiger partial charge in [0.15, 0.2) is 0 Å². The normalized spacial score (nSPS) is 31.4. The predicted molar refractivity (Wildman–Crippen MR) is 88.2 cm³/mol. The molecule has 1 N–H and O–H groups in total. The standard InChI is InChI=1S/C18H36N2/c1-19-17-14-9-7-5-3-4-6-8-10-15-18(17)20(2)16-12-11-13-16/h16-19H,3-15H2,1-2H3. The highest BCUT2D eigenvalue weighted by Crippen LogP contribution is 2.29. The monoisotopic (exact) mass is 280 g/mol. The molecule has 0 amide bonds. The summed E-state index contributed by atoms with van der Waals surface area (Å²) in [6.45, 7) is 0. The van der Waals surface area contributed by atoms with E-state index in [9.17, 15) is 0 Å². The van der Waals surface area contributed by atoms with Crippen molar-refractivity contribution in [2.45, 2.75) is 102 Å². The molecule has 2 atom stereocenters. The average molecular weight is 281 g/mol. The molecule has 0 aromatic carbocycles. The molecule has 2 saturated carbocycles. The Bertz CT molecular complexity index is 250. The van der Waals surface area contributed by atoms with Crippen molar-refractivity contribution in [2.75, 3.05) is 14.1 Å². The Labute approximate surface area is 126 Å². The van der Waals surface area contributed by atoms with Crippen molar-refractivity contribution < 1.29 is 0 Å². The van der Waals surface area contributed by atoms with Gasteiger partial charge in [-0.2, -0.15) is 0 Å². The van der Waals surface area contributed by atoms with Gasteiger partial charge in [0.1, 0.15) is 0 Å². The zero-order valence-corrected chi connectivity index (χ0v) is 13.9. The first-order valence-corrected chi connectivity index (χ1v) is 9.22. The average Bonchev–Trinajstić information content (AvgIpc) is 2.37. The molecule has 2 fully saturated rings. The summed E-state index contributed by atoms with van der Waals surface area (Å²) in [6.07, 6.45) is 18.7. The molecule has 0 aromatic heterocycles. The van der Waals surface area contributed by atoms with E-state index in [2.05, 4.69) is 24.3 Å². The topological polar surface area (TPSA) is 15.3 Å². The van der Waals surface area contributed by atoms with Crippen LogP contribution in [0.2, 0.25) is 0 Å². The Kier molecular flexibility index (Phi) is 7.37. The van der Waals surface area contributed by atoms with Gasteiger partial charge in [0.2, 0.25) is 0 Å². The first kappa shape index (κ1) is 16.3. The smallest absolute Gasteiger partial charge is 0.0249 e. The molecular formula is C18H36N2. The molecule has 0 radical (unpaired) electrons. The first-order chi connectivity index (χ1) is 9.83. The van der Waals surface area contributed by atoms with Crippen LogP contribution in [0.1, 0.15) is 83.5 Å². The highest BCUT2D eigenvalue weighted by molar-refractivity contribution is 4.89. The number of nitrogens with zero attached hydrogens (tertiary/aromatic N) is 1. The summed E-state index contributed by atoms with van der Waals surface area (Å²) in [5.74, 6) is 0. The lowest BCUT2D eigenvalue weighted by Gasteiger charge is -2.43. The SMILES string of the molecule is CNC1CCCCCCCCCCC1N(C)C1CCC1. The molecule has 0 heterocycles. The van der Waals surface area contributed by atoms with Gasteiger partial charge in [0.05, 0.1) is 0 Å². The molecule has 20 heavy (non-hydrogen) atoms. The van der Waals surface area contributed by atoms with Crippen LogP contribution in [0.25, 0.3) is 0 Å². The minimum absolute atomic E-state index is 0.708. The Hall–Kier alpha value is -0.0800. The van der Waals surface area contributed by atoms with E-state index in [1.165, 1.54) is 83.5 Å². The lowest BCUT2D eigenvalue weighted by molar-refractivity contribution is 0.0786. The molecule has 0 spiro atoms. The zero-order valence-electron chi connectivity index (χ0n) is 13.9. The fourth-order valence-electron chi connectivity index (χ4n) is 4.06. The van der Waals surface area contributed by atoms with E-state index < -0.39 is 0 Å². The Balaban J connectivity index is 1.92. The van der Waals surface area contributed by atoms with Gasteiger partial charge in [-0.05, 0) is 39.8 Å². The van der Waals surface area contributed by atoms with E-state index in [4.69, 9.17) is 0 Å². The molecule has 2 unspecified atom stereocenters. The number of rotatable bonds is 3. The molecule has 2 aliphatic rings. The van der Waals surface area contributed by atoms with Gasteiger partial charge in [0.25, 0.3) is 0 Å². The minimum Gasteiger partial charge on any atom is -0.315 e. The van der Waals surface area contributed by atoms with Crippen LogP contribution in [0.3, 0.4) is 0 Å². The summed E-state index contributed by atoms with van der Waals surface area (Å²) in [4.78, 5) is 2.73. The van der Waals surface area contributed by atoms with Crippen LogP contribution in [0, 0.1) is 0 Å². The maximum Gasteiger partial charge on any atom is 0.0249 e. The van der Waals surface area contributed by atoms with Crippen LogP contribution < -0.4 is 5.32 Å². The molecule has 2 rings (SSSR count). The number of hydrogen-bond donors (Lipinski definition) is 1. The Morgan fingerprint density at radius 1 is 0.700 bits per heavy atom. The van der Waals surface area contributed by atoms with Crippen molar-refractivity contribution >= 4 is 0 Å². The van der Waals surface area contributed by atoms with Gasteiger partial charge < -0.3 is 5.32 Å². The molecular weight excluding hydrogens is 244 g/mol. The van der Waals surface area contributed by atoms with Crippen LogP contribution in [-0.2, 0) is 0 Å². The van der Waals surface area contributed by atoms with Crippen LogP contribution in [-0.4, -0.2) is 37.1 Å². The lowest BCUT2D eigenvalue weighted by atomic mass is 9.87. The molecule has 0 aromatic rings. The van der Waals surface area contributed by atoms with Crippen LogP contribution in [0.15, 0.2) is 0 Å². The second-order valence-corrected chi connectivity index (χ2v) is 7.12. The highest BCUT2D eigenvalue weighted by Gasteiger charge is 2.31. The second-order valence-electron chi connectivity index (χ2n) is 7.12. The molecule has 118 valence electrons. The molecule has 0 aliphatic heterocycles. The predicted octanol–water partition coefficient (Wildman–Crippen LogP) is 4.34. The van der Waals surface area contributed by atoms with E-state index in [0.29, 0.717) is 6.04 Å². The van der Waals surface area contributed by atoms with Crippen molar-refractivity contribution in [3.63, 3.8) is 0 Å². The fraction of sp³-hybridized carbons (Fsp3) is 1.00. The minimum atomic E-state index is 0.708. The highest BCUT2D eigenvalue weighted by atomic mass is 15.2. The second kappa shape index (κ2) is 9.04. The molecule has 2 aliphatic carbocycles. The maximum atomic E-state index is 3.65. The van der Waals surface area contributed by atoms with Crippen molar-refractivity contribution in [1.29, 1.82) is 0 Å². The van der Waals surface area contributed by atoms with Crippen molar-refractivity contribution in [1.82, 2.24) is 10.2 Å². The maximum absolute atomic E-state index is 3.65. The third-order valence-electron chi connectivity index (χ3n) is 5.77. The summed E-state index contributed by atoms with van der Waals surface area (Å²) in [5.41, 5.74) is 0. The lowest BCUT2D eigenvalue weighted by Crippen LogP contribution is -2.53. The number of likely N-dealkylation sites (N-methyl/N-ethyl adjacent to an activating group) is 2. The van der Waals surface area contributed by atoms with Gasteiger partial charge in [-0.15, -0.1) is 0 Å². The quantitative estimate of drug-likeness (QED) is 0.827. The summed E-state index contributed by atoms with van der Waals surface area (Å²) in [6, 6.07) is 2.36. The zero-order chi connectivity index (χ0) is 14.2. The van der Waals surface area contributed by atoms with Crippen molar-refractivity contribution in [3.8, 4) is 0 Å². The van der Waals surface area contributed by atoms with Crippen LogP contribution >= 0.6 is 0 Å². The van der Waals surface area contributed by atoms with Crippen LogP contribution in [0.5, 0.6) is 0 Å². The van der Waals surface area contributed by atoms with Gasteiger partial charge in [-0.1, -0.05) is 57.8 Å². The Morgan fingerprint density at radius 2 is 1.25 bits per heavy atom. The summed E-state index contributed by atoms with van der Waals surface area (Å²) in [5, 5.41) is 3.65. The van der Waals surface area contributed by atoms with Gasteiger partial charge in [0, 0.05) is 18.1 Å². The van der Waals surface area contributed by atoms with E-state index in [1.807, 2.05) is 0 Å². The third kappa shape index (κ3) is 4.73.